The fourth-order valence-electron chi connectivity index (χ4n) is 6.78. The molecule has 1 heterocycles. The molecule has 1 aliphatic carbocycles. The molecule has 1 atom stereocenters. The monoisotopic (exact) mass is 610 g/mol. The van der Waals surface area contributed by atoms with E-state index in [1.807, 2.05) is 39.0 Å². The Hall–Kier alpha value is -4.58. The highest BCUT2D eigenvalue weighted by Gasteiger charge is 2.37. The highest BCUT2D eigenvalue weighted by atomic mass is 16.7. The fourth-order valence-corrected chi connectivity index (χ4v) is 6.78. The lowest BCUT2D eigenvalue weighted by Crippen LogP contribution is -2.35. The molecule has 0 amide bonds. The van der Waals surface area contributed by atoms with Gasteiger partial charge in [-0.05, 0) is 102 Å². The molecule has 0 saturated carbocycles. The minimum atomic E-state index is -0.777. The smallest absolute Gasteiger partial charge is 0.245 e. The third-order valence-corrected chi connectivity index (χ3v) is 8.55. The van der Waals surface area contributed by atoms with Crippen molar-refractivity contribution in [2.45, 2.75) is 65.6 Å². The zero-order chi connectivity index (χ0) is 33.1. The molecule has 238 valence electrons. The van der Waals surface area contributed by atoms with Crippen LogP contribution in [0.15, 0.2) is 68.3 Å². The Morgan fingerprint density at radius 2 is 1.78 bits per heavy atom. The summed E-state index contributed by atoms with van der Waals surface area (Å²) >= 11 is 0. The Morgan fingerprint density at radius 1 is 1.04 bits per heavy atom. The summed E-state index contributed by atoms with van der Waals surface area (Å²) in [7, 11) is 5.00. The number of phenolic OH excluding ortho intramolecular Hbond substituents is 1. The lowest BCUT2D eigenvalue weighted by atomic mass is 9.76. The molecule has 5 rings (SSSR count). The van der Waals surface area contributed by atoms with E-state index in [2.05, 4.69) is 51.8 Å². The van der Waals surface area contributed by atoms with Crippen molar-refractivity contribution in [1.82, 2.24) is 0 Å². The number of allylic oxidation sites excluding steroid dienone is 3. The predicted octanol–water partition coefficient (Wildman–Crippen LogP) is 9.04. The van der Waals surface area contributed by atoms with Crippen LogP contribution in [0.4, 0.5) is 0 Å². The summed E-state index contributed by atoms with van der Waals surface area (Å²) in [5.41, 5.74) is 9.31. The first-order valence-corrected chi connectivity index (χ1v) is 15.3. The van der Waals surface area contributed by atoms with E-state index in [1.54, 1.807) is 33.5 Å². The first kappa shape index (κ1) is 33.3. The van der Waals surface area contributed by atoms with E-state index in [4.69, 9.17) is 23.7 Å². The Kier molecular flexibility index (Phi) is 10.1. The van der Waals surface area contributed by atoms with Gasteiger partial charge >= 0.3 is 0 Å². The summed E-state index contributed by atoms with van der Waals surface area (Å²) in [6, 6.07) is 10.2. The maximum Gasteiger partial charge on any atom is 0.245 e. The van der Waals surface area contributed by atoms with Crippen LogP contribution in [0.1, 0.15) is 83.7 Å². The molecule has 1 aliphatic heterocycles. The molecule has 45 heavy (non-hydrogen) atoms. The van der Waals surface area contributed by atoms with Crippen LogP contribution in [0.2, 0.25) is 0 Å². The van der Waals surface area contributed by atoms with Crippen LogP contribution in [-0.4, -0.2) is 32.2 Å². The van der Waals surface area contributed by atoms with Gasteiger partial charge in [-0.2, -0.15) is 0 Å². The molecule has 1 unspecified atom stereocenters. The van der Waals surface area contributed by atoms with E-state index < -0.39 is 5.79 Å². The zero-order valence-electron chi connectivity index (χ0n) is 27.9. The van der Waals surface area contributed by atoms with E-state index in [0.717, 1.165) is 80.4 Å². The van der Waals surface area contributed by atoms with Gasteiger partial charge in [0, 0.05) is 25.8 Å². The molecule has 2 aliphatic rings. The Morgan fingerprint density at radius 3 is 2.38 bits per heavy atom. The maximum absolute atomic E-state index is 11.4. The molecule has 3 aromatic rings. The van der Waals surface area contributed by atoms with Gasteiger partial charge in [0.1, 0.15) is 34.5 Å². The quantitative estimate of drug-likeness (QED) is 0.164. The molecule has 6 heteroatoms. The second-order valence-electron chi connectivity index (χ2n) is 11.4. The zero-order valence-corrected chi connectivity index (χ0v) is 27.9. The number of rotatable bonds is 7. The number of ether oxygens (including phenoxy) is 5. The Balaban J connectivity index is 0.00000226. The molecule has 0 spiro atoms. The molecule has 3 aromatic carbocycles. The summed E-state index contributed by atoms with van der Waals surface area (Å²) < 4.78 is 30.1. The molecule has 0 saturated heterocycles. The van der Waals surface area contributed by atoms with Crippen LogP contribution in [0.25, 0.3) is 11.5 Å². The molecule has 0 fully saturated rings. The van der Waals surface area contributed by atoms with E-state index >= 15 is 0 Å². The average Bonchev–Trinajstić information content (AvgIpc) is 3.19. The average molecular weight is 611 g/mol. The van der Waals surface area contributed by atoms with Crippen molar-refractivity contribution in [3.8, 4) is 23.0 Å². The van der Waals surface area contributed by atoms with Crippen molar-refractivity contribution < 1.29 is 28.8 Å². The third-order valence-electron chi connectivity index (χ3n) is 8.55. The van der Waals surface area contributed by atoms with Gasteiger partial charge in [-0.1, -0.05) is 25.6 Å². The molecule has 0 bridgehead atoms. The standard InChI is InChI=1S/C37H42O6.C2H4/c1-10-13-30(40-8)36-24(11-2)34-22(18-28(36)38)14-15-26-27(19-23(39-7)20-32(26)41-9)35(34)25-16-17-31-33(21(25)4)29(12-3)42-37(5,6)43-31;1-2/h10,12-13,16-20,35,38H,1,11,14-15H2,2-9H3;1-2H2/b29-12+,30-13+;. The first-order chi connectivity index (χ1) is 21.6. The highest BCUT2D eigenvalue weighted by molar-refractivity contribution is 5.76. The predicted molar refractivity (Wildman–Crippen MR) is 182 cm³/mol. The number of aromatic hydroxyl groups is 1. The van der Waals surface area contributed by atoms with Crippen molar-refractivity contribution in [2.24, 2.45) is 0 Å². The number of hydrogen-bond donors (Lipinski definition) is 1. The Labute approximate surface area is 268 Å². The van der Waals surface area contributed by atoms with E-state index in [-0.39, 0.29) is 11.7 Å². The topological polar surface area (TPSA) is 66.4 Å². The van der Waals surface area contributed by atoms with Crippen molar-refractivity contribution >= 4 is 11.5 Å². The minimum Gasteiger partial charge on any atom is -0.507 e. The van der Waals surface area contributed by atoms with Gasteiger partial charge in [0.2, 0.25) is 5.79 Å². The molecule has 0 aromatic heterocycles. The van der Waals surface area contributed by atoms with Gasteiger partial charge in [0.15, 0.2) is 0 Å². The van der Waals surface area contributed by atoms with Gasteiger partial charge in [-0.25, -0.2) is 0 Å². The van der Waals surface area contributed by atoms with Crippen molar-refractivity contribution in [2.75, 3.05) is 21.3 Å². The molecular weight excluding hydrogens is 564 g/mol. The number of methoxy groups -OCH3 is 3. The molecular formula is C39H46O6. The number of aryl methyl sites for hydroxylation is 1. The number of fused-ring (bicyclic) bond motifs is 3. The lowest BCUT2D eigenvalue weighted by Gasteiger charge is -2.37. The van der Waals surface area contributed by atoms with Gasteiger partial charge in [-0.3, -0.25) is 0 Å². The van der Waals surface area contributed by atoms with Crippen molar-refractivity contribution in [1.29, 1.82) is 0 Å². The van der Waals surface area contributed by atoms with E-state index in [9.17, 15) is 5.11 Å². The fraction of sp³-hybridized carbons (Fsp3) is 0.333. The summed E-state index contributed by atoms with van der Waals surface area (Å²) in [6.45, 7) is 20.0. The van der Waals surface area contributed by atoms with Crippen LogP contribution in [0.5, 0.6) is 23.0 Å². The second-order valence-corrected chi connectivity index (χ2v) is 11.4. The van der Waals surface area contributed by atoms with Crippen LogP contribution in [-0.2, 0) is 28.7 Å². The summed E-state index contributed by atoms with van der Waals surface area (Å²) in [5.74, 6) is 2.89. The SMILES string of the molecule is C=C.C=C/C=C(/OC)c1c(O)cc2c(c1CC)C(c1ccc3c(c1C)/C(=C\C)OC(C)(C)O3)c1cc(OC)cc(OC)c1CC2. The Bertz CT molecular complexity index is 1660. The van der Waals surface area contributed by atoms with E-state index in [0.29, 0.717) is 17.7 Å². The van der Waals surface area contributed by atoms with E-state index in [1.165, 1.54) is 0 Å². The van der Waals surface area contributed by atoms with Crippen molar-refractivity contribution in [3.63, 3.8) is 0 Å². The molecule has 1 N–H and O–H groups in total. The first-order valence-electron chi connectivity index (χ1n) is 15.3. The summed E-state index contributed by atoms with van der Waals surface area (Å²) in [4.78, 5) is 0. The highest BCUT2D eigenvalue weighted by Crippen LogP contribution is 2.51. The lowest BCUT2D eigenvalue weighted by molar-refractivity contribution is -0.112. The summed E-state index contributed by atoms with van der Waals surface area (Å²) in [6.07, 6.45) is 7.64. The van der Waals surface area contributed by atoms with Crippen LogP contribution >= 0.6 is 0 Å². The van der Waals surface area contributed by atoms with Crippen LogP contribution in [0.3, 0.4) is 0 Å². The van der Waals surface area contributed by atoms with Gasteiger partial charge < -0.3 is 28.8 Å². The molecule has 0 radical (unpaired) electrons. The number of phenols is 1. The van der Waals surface area contributed by atoms with Crippen LogP contribution < -0.4 is 14.2 Å². The molecule has 6 nitrogen and oxygen atoms in total. The number of benzene rings is 3. The minimum absolute atomic E-state index is 0.196. The summed E-state index contributed by atoms with van der Waals surface area (Å²) in [5, 5.41) is 11.4. The third kappa shape index (κ3) is 5.94. The van der Waals surface area contributed by atoms with Gasteiger partial charge in [0.05, 0.1) is 32.5 Å². The van der Waals surface area contributed by atoms with Crippen molar-refractivity contribution in [3.05, 3.63) is 118 Å². The second kappa shape index (κ2) is 13.6. The largest absolute Gasteiger partial charge is 0.507 e. The van der Waals surface area contributed by atoms with Crippen LogP contribution in [0, 0.1) is 6.92 Å². The van der Waals surface area contributed by atoms with Gasteiger partial charge in [-0.15, -0.1) is 13.2 Å². The number of hydrogen-bond acceptors (Lipinski definition) is 6. The van der Waals surface area contributed by atoms with Gasteiger partial charge in [0.25, 0.3) is 0 Å². The maximum atomic E-state index is 11.4. The normalized spacial score (nSPS) is 17.2.